The van der Waals surface area contributed by atoms with Crippen molar-refractivity contribution in [3.8, 4) is 17.3 Å². The fourth-order valence-corrected chi connectivity index (χ4v) is 2.31. The fourth-order valence-electron chi connectivity index (χ4n) is 2.14. The van der Waals surface area contributed by atoms with Crippen LogP contribution in [0, 0.1) is 0 Å². The molecule has 0 bridgehead atoms. The maximum Gasteiger partial charge on any atom is 0.218 e. The van der Waals surface area contributed by atoms with E-state index in [1.165, 1.54) is 0 Å². The first-order valence-electron chi connectivity index (χ1n) is 6.66. The first-order valence-corrected chi connectivity index (χ1v) is 7.03. The molecule has 1 aromatic heterocycles. The Balaban J connectivity index is 1.83. The fraction of sp³-hybridized carbons (Fsp3) is 0.333. The van der Waals surface area contributed by atoms with Crippen molar-refractivity contribution in [2.45, 2.75) is 18.9 Å². The predicted molar refractivity (Wildman–Crippen MR) is 76.9 cm³/mol. The molecule has 3 rings (SSSR count). The monoisotopic (exact) mass is 290 g/mol. The molecule has 1 saturated heterocycles. The summed E-state index contributed by atoms with van der Waals surface area (Å²) in [6.45, 7) is 1.46. The van der Waals surface area contributed by atoms with E-state index in [9.17, 15) is 0 Å². The summed E-state index contributed by atoms with van der Waals surface area (Å²) in [6, 6.07) is 11.4. The number of halogens is 1. The summed E-state index contributed by atoms with van der Waals surface area (Å²) in [7, 11) is 0. The Kier molecular flexibility index (Phi) is 4.14. The number of hydrogen-bond donors (Lipinski definition) is 0. The molecular weight excluding hydrogens is 276 g/mol. The molecule has 2 aromatic rings. The van der Waals surface area contributed by atoms with Crippen molar-refractivity contribution in [3.05, 3.63) is 41.6 Å². The van der Waals surface area contributed by atoms with Crippen molar-refractivity contribution in [1.82, 2.24) is 9.97 Å². The second-order valence-corrected chi connectivity index (χ2v) is 5.04. The summed E-state index contributed by atoms with van der Waals surface area (Å²) < 4.78 is 11.2. The average molecular weight is 291 g/mol. The van der Waals surface area contributed by atoms with Gasteiger partial charge in [-0.15, -0.1) is 0 Å². The number of hydrogen-bond acceptors (Lipinski definition) is 4. The third-order valence-corrected chi connectivity index (χ3v) is 3.35. The molecule has 1 aromatic carbocycles. The van der Waals surface area contributed by atoms with Gasteiger partial charge in [0.15, 0.2) is 5.82 Å². The Bertz CT molecular complexity index is 571. The van der Waals surface area contributed by atoms with Crippen LogP contribution in [-0.2, 0) is 4.74 Å². The number of benzene rings is 1. The van der Waals surface area contributed by atoms with Crippen molar-refractivity contribution in [1.29, 1.82) is 0 Å². The smallest absolute Gasteiger partial charge is 0.218 e. The highest BCUT2D eigenvalue weighted by Gasteiger charge is 2.17. The van der Waals surface area contributed by atoms with Gasteiger partial charge in [-0.2, -0.15) is 4.98 Å². The SMILES string of the molecule is Clc1cc(OC2CCOCC2)nc(-c2ccccc2)n1. The average Bonchev–Trinajstić information content (AvgIpc) is 2.49. The molecule has 20 heavy (non-hydrogen) atoms. The molecular formula is C15H15ClN2O2. The van der Waals surface area contributed by atoms with Gasteiger partial charge in [-0.3, -0.25) is 0 Å². The Morgan fingerprint density at radius 1 is 1.10 bits per heavy atom. The highest BCUT2D eigenvalue weighted by molar-refractivity contribution is 6.29. The van der Waals surface area contributed by atoms with Crippen molar-refractivity contribution >= 4 is 11.6 Å². The van der Waals surface area contributed by atoms with Crippen LogP contribution in [0.25, 0.3) is 11.4 Å². The van der Waals surface area contributed by atoms with Gasteiger partial charge in [0.25, 0.3) is 0 Å². The van der Waals surface area contributed by atoms with E-state index in [1.54, 1.807) is 6.07 Å². The summed E-state index contributed by atoms with van der Waals surface area (Å²) in [6.07, 6.45) is 1.89. The molecule has 0 aliphatic carbocycles. The van der Waals surface area contributed by atoms with Gasteiger partial charge in [-0.05, 0) is 0 Å². The van der Waals surface area contributed by atoms with Gasteiger partial charge in [-0.25, -0.2) is 4.98 Å². The van der Waals surface area contributed by atoms with Gasteiger partial charge < -0.3 is 9.47 Å². The zero-order valence-electron chi connectivity index (χ0n) is 11.0. The van der Waals surface area contributed by atoms with Gasteiger partial charge in [0.05, 0.1) is 13.2 Å². The van der Waals surface area contributed by atoms with E-state index in [0.717, 1.165) is 31.6 Å². The van der Waals surface area contributed by atoms with E-state index in [-0.39, 0.29) is 6.10 Å². The van der Waals surface area contributed by atoms with Gasteiger partial charge in [0.2, 0.25) is 5.88 Å². The van der Waals surface area contributed by atoms with Crippen molar-refractivity contribution in [2.24, 2.45) is 0 Å². The maximum atomic E-state index is 6.06. The summed E-state index contributed by atoms with van der Waals surface area (Å²) >= 11 is 6.06. The van der Waals surface area contributed by atoms with Crippen LogP contribution in [-0.4, -0.2) is 29.3 Å². The van der Waals surface area contributed by atoms with Crippen molar-refractivity contribution in [2.75, 3.05) is 13.2 Å². The minimum absolute atomic E-state index is 0.137. The quantitative estimate of drug-likeness (QED) is 0.813. The van der Waals surface area contributed by atoms with E-state index in [4.69, 9.17) is 21.1 Å². The number of aromatic nitrogens is 2. The largest absolute Gasteiger partial charge is 0.474 e. The molecule has 0 radical (unpaired) electrons. The maximum absolute atomic E-state index is 6.06. The topological polar surface area (TPSA) is 44.2 Å². The van der Waals surface area contributed by atoms with Crippen LogP contribution in [0.15, 0.2) is 36.4 Å². The molecule has 1 aliphatic heterocycles. The van der Waals surface area contributed by atoms with E-state index >= 15 is 0 Å². The molecule has 0 unspecified atom stereocenters. The predicted octanol–water partition coefficient (Wildman–Crippen LogP) is 3.35. The first-order chi connectivity index (χ1) is 9.81. The van der Waals surface area contributed by atoms with Gasteiger partial charge in [-0.1, -0.05) is 41.9 Å². The highest BCUT2D eigenvalue weighted by atomic mass is 35.5. The van der Waals surface area contributed by atoms with Crippen LogP contribution in [0.2, 0.25) is 5.15 Å². The number of ether oxygens (including phenoxy) is 2. The standard InChI is InChI=1S/C15H15ClN2O2/c16-13-10-14(20-12-6-8-19-9-7-12)18-15(17-13)11-4-2-1-3-5-11/h1-5,10,12H,6-9H2. The Labute approximate surface area is 122 Å². The lowest BCUT2D eigenvalue weighted by molar-refractivity contribution is 0.0237. The van der Waals surface area contributed by atoms with Crippen LogP contribution in [0.3, 0.4) is 0 Å². The Morgan fingerprint density at radius 3 is 2.60 bits per heavy atom. The zero-order chi connectivity index (χ0) is 13.8. The van der Waals surface area contributed by atoms with E-state index in [0.29, 0.717) is 16.9 Å². The van der Waals surface area contributed by atoms with Gasteiger partial charge in [0.1, 0.15) is 11.3 Å². The van der Waals surface area contributed by atoms with Gasteiger partial charge in [0, 0.05) is 24.5 Å². The summed E-state index contributed by atoms with van der Waals surface area (Å²) in [5.74, 6) is 1.11. The van der Waals surface area contributed by atoms with E-state index in [2.05, 4.69) is 9.97 Å². The second-order valence-electron chi connectivity index (χ2n) is 4.65. The van der Waals surface area contributed by atoms with Gasteiger partial charge >= 0.3 is 0 Å². The summed E-state index contributed by atoms with van der Waals surface area (Å²) in [5.41, 5.74) is 0.923. The third kappa shape index (κ3) is 3.26. The Hall–Kier alpha value is -1.65. The van der Waals surface area contributed by atoms with Crippen LogP contribution in [0.4, 0.5) is 0 Å². The highest BCUT2D eigenvalue weighted by Crippen LogP contribution is 2.23. The van der Waals surface area contributed by atoms with Crippen molar-refractivity contribution in [3.63, 3.8) is 0 Å². The second kappa shape index (κ2) is 6.20. The van der Waals surface area contributed by atoms with Crippen LogP contribution in [0.5, 0.6) is 5.88 Å². The molecule has 0 N–H and O–H groups in total. The lowest BCUT2D eigenvalue weighted by atomic mass is 10.1. The summed E-state index contributed by atoms with van der Waals surface area (Å²) in [5, 5.41) is 0.390. The third-order valence-electron chi connectivity index (χ3n) is 3.16. The van der Waals surface area contributed by atoms with Crippen LogP contribution in [0.1, 0.15) is 12.8 Å². The minimum atomic E-state index is 0.137. The minimum Gasteiger partial charge on any atom is -0.474 e. The molecule has 1 aliphatic rings. The molecule has 4 nitrogen and oxygen atoms in total. The Morgan fingerprint density at radius 2 is 1.85 bits per heavy atom. The first kappa shape index (κ1) is 13.3. The molecule has 0 amide bonds. The van der Waals surface area contributed by atoms with Crippen LogP contribution < -0.4 is 4.74 Å². The number of rotatable bonds is 3. The molecule has 5 heteroatoms. The molecule has 0 atom stereocenters. The normalized spacial score (nSPS) is 16.1. The molecule has 0 spiro atoms. The molecule has 104 valence electrons. The lowest BCUT2D eigenvalue weighted by Gasteiger charge is -2.22. The van der Waals surface area contributed by atoms with E-state index < -0.39 is 0 Å². The van der Waals surface area contributed by atoms with Crippen molar-refractivity contribution < 1.29 is 9.47 Å². The van der Waals surface area contributed by atoms with Crippen LogP contribution >= 0.6 is 11.6 Å². The van der Waals surface area contributed by atoms with E-state index in [1.807, 2.05) is 30.3 Å². The lowest BCUT2D eigenvalue weighted by Crippen LogP contribution is -2.26. The zero-order valence-corrected chi connectivity index (χ0v) is 11.7. The molecule has 0 saturated carbocycles. The molecule has 2 heterocycles. The summed E-state index contributed by atoms with van der Waals surface area (Å²) in [4.78, 5) is 8.69. The number of nitrogens with zero attached hydrogens (tertiary/aromatic N) is 2. The molecule has 1 fully saturated rings.